The zero-order chi connectivity index (χ0) is 8.10. The van der Waals surface area contributed by atoms with Crippen LogP contribution in [0.2, 0.25) is 0 Å². The lowest BCUT2D eigenvalue weighted by atomic mass is 10.1. The molecule has 0 aliphatic rings. The molecule has 0 saturated carbocycles. The first-order valence-corrected chi connectivity index (χ1v) is 3.89. The summed E-state index contributed by atoms with van der Waals surface area (Å²) in [5.41, 5.74) is 1.12. The van der Waals surface area contributed by atoms with E-state index in [0.717, 1.165) is 18.5 Å². The fourth-order valence-electron chi connectivity index (χ4n) is 0.851. The first-order chi connectivity index (χ1) is 5.33. The third-order valence-electron chi connectivity index (χ3n) is 1.44. The first-order valence-electron chi connectivity index (χ1n) is 3.44. The number of benzene rings is 1. The molecule has 3 heteroatoms. The quantitative estimate of drug-likeness (QED) is 0.661. The first kappa shape index (κ1) is 8.56. The van der Waals surface area contributed by atoms with E-state index in [4.69, 9.17) is 0 Å². The molecule has 1 aromatic rings. The highest BCUT2D eigenvalue weighted by Crippen LogP contribution is 2.02. The summed E-state index contributed by atoms with van der Waals surface area (Å²) in [5.74, 6) is -0.187. The van der Waals surface area contributed by atoms with Gasteiger partial charge in [0.05, 0.1) is 0 Å². The largest absolute Gasteiger partial charge is 0.266 e. The molecule has 1 aromatic carbocycles. The Balaban J connectivity index is 2.52. The van der Waals surface area contributed by atoms with Crippen molar-refractivity contribution in [3.8, 4) is 0 Å². The van der Waals surface area contributed by atoms with Crippen LogP contribution in [0.15, 0.2) is 24.3 Å². The minimum Gasteiger partial charge on any atom is -0.266 e. The van der Waals surface area contributed by atoms with Crippen molar-refractivity contribution < 1.29 is 4.39 Å². The highest BCUT2D eigenvalue weighted by molar-refractivity contribution is 7.78. The Morgan fingerprint density at radius 3 is 2.45 bits per heavy atom. The molecule has 0 saturated heterocycles. The second-order valence-electron chi connectivity index (χ2n) is 2.28. The smallest absolute Gasteiger partial charge is 0.123 e. The second kappa shape index (κ2) is 4.36. The van der Waals surface area contributed by atoms with Crippen LogP contribution in [-0.4, -0.2) is 6.54 Å². The van der Waals surface area contributed by atoms with Crippen LogP contribution in [0.1, 0.15) is 5.56 Å². The van der Waals surface area contributed by atoms with Gasteiger partial charge in [-0.1, -0.05) is 24.9 Å². The number of halogens is 1. The maximum atomic E-state index is 12.4. The van der Waals surface area contributed by atoms with Crippen LogP contribution < -0.4 is 4.72 Å². The van der Waals surface area contributed by atoms with Crippen LogP contribution in [0, 0.1) is 5.82 Å². The van der Waals surface area contributed by atoms with Gasteiger partial charge in [-0.25, -0.2) is 4.39 Å². The lowest BCUT2D eigenvalue weighted by Gasteiger charge is -1.98. The highest BCUT2D eigenvalue weighted by Gasteiger charge is 1.91. The van der Waals surface area contributed by atoms with Crippen LogP contribution in [0.4, 0.5) is 4.39 Å². The molecule has 1 N–H and O–H groups in total. The van der Waals surface area contributed by atoms with Crippen LogP contribution in [0.25, 0.3) is 0 Å². The summed E-state index contributed by atoms with van der Waals surface area (Å²) in [6.07, 6.45) is 0.879. The molecule has 0 fully saturated rings. The van der Waals surface area contributed by atoms with Crippen molar-refractivity contribution in [2.24, 2.45) is 0 Å². The average Bonchev–Trinajstić information content (AvgIpc) is 2.04. The lowest BCUT2D eigenvalue weighted by Crippen LogP contribution is -2.04. The molecule has 0 aromatic heterocycles. The van der Waals surface area contributed by atoms with Gasteiger partial charge in [0.25, 0.3) is 0 Å². The van der Waals surface area contributed by atoms with Gasteiger partial charge >= 0.3 is 0 Å². The van der Waals surface area contributed by atoms with Gasteiger partial charge in [-0.3, -0.25) is 4.72 Å². The fourth-order valence-corrected chi connectivity index (χ4v) is 0.963. The molecule has 0 atom stereocenters. The van der Waals surface area contributed by atoms with Crippen molar-refractivity contribution >= 4 is 12.8 Å². The lowest BCUT2D eigenvalue weighted by molar-refractivity contribution is 0.627. The standard InChI is InChI=1S/C8H10FNS/c9-8-3-1-7(2-4-8)5-6-10-11/h1-4,10-11H,5-6H2. The molecule has 0 radical (unpaired) electrons. The molecule has 0 amide bonds. The molecule has 0 unspecified atom stereocenters. The van der Waals surface area contributed by atoms with Gasteiger partial charge in [-0.2, -0.15) is 0 Å². The van der Waals surface area contributed by atoms with Crippen molar-refractivity contribution in [3.63, 3.8) is 0 Å². The Morgan fingerprint density at radius 1 is 1.27 bits per heavy atom. The van der Waals surface area contributed by atoms with E-state index in [1.165, 1.54) is 12.1 Å². The van der Waals surface area contributed by atoms with Gasteiger partial charge in [0.2, 0.25) is 0 Å². The topological polar surface area (TPSA) is 12.0 Å². The summed E-state index contributed by atoms with van der Waals surface area (Å²) in [6.45, 7) is 0.800. The summed E-state index contributed by atoms with van der Waals surface area (Å²) in [7, 11) is 0. The molecular formula is C8H10FNS. The molecule has 60 valence electrons. The average molecular weight is 171 g/mol. The summed E-state index contributed by atoms with van der Waals surface area (Å²) in [5, 5.41) is 0. The van der Waals surface area contributed by atoms with E-state index in [-0.39, 0.29) is 5.82 Å². The Hall–Kier alpha value is -0.540. The van der Waals surface area contributed by atoms with Gasteiger partial charge in [0.15, 0.2) is 0 Å². The molecular weight excluding hydrogens is 161 g/mol. The Bertz CT molecular complexity index is 210. The molecule has 0 aliphatic carbocycles. The van der Waals surface area contributed by atoms with Crippen LogP contribution in [-0.2, 0) is 6.42 Å². The maximum absolute atomic E-state index is 12.4. The number of hydrogen-bond acceptors (Lipinski definition) is 2. The van der Waals surface area contributed by atoms with E-state index < -0.39 is 0 Å². The molecule has 1 nitrogen and oxygen atoms in total. The monoisotopic (exact) mass is 171 g/mol. The SMILES string of the molecule is Fc1ccc(CCNS)cc1. The number of rotatable bonds is 3. The summed E-state index contributed by atoms with van der Waals surface area (Å²) < 4.78 is 15.1. The van der Waals surface area contributed by atoms with E-state index in [0.29, 0.717) is 0 Å². The Labute approximate surface area is 71.2 Å². The number of thiol groups is 1. The summed E-state index contributed by atoms with van der Waals surface area (Å²) in [6, 6.07) is 6.49. The zero-order valence-electron chi connectivity index (χ0n) is 6.05. The van der Waals surface area contributed by atoms with E-state index in [1.54, 1.807) is 12.1 Å². The van der Waals surface area contributed by atoms with Gasteiger partial charge in [0.1, 0.15) is 5.82 Å². The third-order valence-corrected chi connectivity index (χ3v) is 1.66. The van der Waals surface area contributed by atoms with E-state index >= 15 is 0 Å². The van der Waals surface area contributed by atoms with Gasteiger partial charge in [-0.05, 0) is 24.1 Å². The number of hydrogen-bond donors (Lipinski definition) is 2. The predicted octanol–water partition coefficient (Wildman–Crippen LogP) is 1.80. The van der Waals surface area contributed by atoms with Crippen LogP contribution >= 0.6 is 12.8 Å². The maximum Gasteiger partial charge on any atom is 0.123 e. The fraction of sp³-hybridized carbons (Fsp3) is 0.250. The molecule has 0 spiro atoms. The van der Waals surface area contributed by atoms with Crippen LogP contribution in [0.5, 0.6) is 0 Å². The molecule has 0 heterocycles. The summed E-state index contributed by atoms with van der Waals surface area (Å²) >= 11 is 3.85. The van der Waals surface area contributed by atoms with Crippen molar-refractivity contribution in [2.45, 2.75) is 6.42 Å². The zero-order valence-corrected chi connectivity index (χ0v) is 6.94. The van der Waals surface area contributed by atoms with Gasteiger partial charge in [0, 0.05) is 6.54 Å². The van der Waals surface area contributed by atoms with Crippen molar-refractivity contribution in [1.29, 1.82) is 0 Å². The minimum atomic E-state index is -0.187. The molecule has 0 aliphatic heterocycles. The Morgan fingerprint density at radius 2 is 1.91 bits per heavy atom. The van der Waals surface area contributed by atoms with Crippen molar-refractivity contribution in [3.05, 3.63) is 35.6 Å². The number of nitrogens with one attached hydrogen (secondary N) is 1. The minimum absolute atomic E-state index is 0.187. The van der Waals surface area contributed by atoms with Gasteiger partial charge < -0.3 is 0 Å². The van der Waals surface area contributed by atoms with E-state index in [1.807, 2.05) is 0 Å². The highest BCUT2D eigenvalue weighted by atomic mass is 32.1. The Kier molecular flexibility index (Phi) is 3.39. The van der Waals surface area contributed by atoms with E-state index in [2.05, 4.69) is 17.5 Å². The van der Waals surface area contributed by atoms with Crippen LogP contribution in [0.3, 0.4) is 0 Å². The normalized spacial score (nSPS) is 10.0. The predicted molar refractivity (Wildman–Crippen MR) is 47.1 cm³/mol. The van der Waals surface area contributed by atoms with Gasteiger partial charge in [-0.15, -0.1) is 0 Å². The molecule has 1 rings (SSSR count). The molecule has 11 heavy (non-hydrogen) atoms. The van der Waals surface area contributed by atoms with Crippen molar-refractivity contribution in [2.75, 3.05) is 6.54 Å². The van der Waals surface area contributed by atoms with Crippen molar-refractivity contribution in [1.82, 2.24) is 4.72 Å². The third kappa shape index (κ3) is 2.91. The second-order valence-corrected chi connectivity index (χ2v) is 2.60. The summed E-state index contributed by atoms with van der Waals surface area (Å²) in [4.78, 5) is 0. The molecule has 0 bridgehead atoms. The van der Waals surface area contributed by atoms with E-state index in [9.17, 15) is 4.39 Å².